The number of aryl methyl sites for hydroxylation is 1. The maximum Gasteiger partial charge on any atom is 0.0534 e. The molecule has 1 aromatic heterocycles. The van der Waals surface area contributed by atoms with Crippen LogP contribution in [0.2, 0.25) is 0 Å². The molecule has 1 N–H and O–H groups in total. The summed E-state index contributed by atoms with van der Waals surface area (Å²) in [4.78, 5) is 2.23. The van der Waals surface area contributed by atoms with Crippen molar-refractivity contribution in [3.05, 3.63) is 18.0 Å². The summed E-state index contributed by atoms with van der Waals surface area (Å²) in [7, 11) is 4.24. The first-order chi connectivity index (χ1) is 7.93. The molecule has 0 fully saturated rings. The second kappa shape index (κ2) is 6.17. The lowest BCUT2D eigenvalue weighted by atomic mass is 9.93. The first-order valence-corrected chi connectivity index (χ1v) is 6.30. The molecular formula is C13H26N4. The zero-order valence-electron chi connectivity index (χ0n) is 11.8. The Morgan fingerprint density at radius 3 is 2.65 bits per heavy atom. The summed E-state index contributed by atoms with van der Waals surface area (Å²) in [6.45, 7) is 10.6. The lowest BCUT2D eigenvalue weighted by molar-refractivity contribution is 0.232. The standard InChI is InChI=1S/C13H26N4/c1-6-17-9-12(8-15-17)7-14-10-13(2,3)11-16(4)5/h8-9,14H,6-7,10-11H2,1-5H3. The van der Waals surface area contributed by atoms with Crippen LogP contribution in [0.15, 0.2) is 12.4 Å². The van der Waals surface area contributed by atoms with E-state index < -0.39 is 0 Å². The minimum absolute atomic E-state index is 0.296. The highest BCUT2D eigenvalue weighted by Crippen LogP contribution is 2.14. The average molecular weight is 238 g/mol. The normalized spacial score (nSPS) is 12.4. The van der Waals surface area contributed by atoms with Gasteiger partial charge in [0.25, 0.3) is 0 Å². The molecule has 0 unspecified atom stereocenters. The van der Waals surface area contributed by atoms with Gasteiger partial charge in [0.05, 0.1) is 6.20 Å². The minimum atomic E-state index is 0.296. The molecule has 1 heterocycles. The number of hydrogen-bond acceptors (Lipinski definition) is 3. The first kappa shape index (κ1) is 14.2. The summed E-state index contributed by atoms with van der Waals surface area (Å²) >= 11 is 0. The fourth-order valence-corrected chi connectivity index (χ4v) is 2.13. The first-order valence-electron chi connectivity index (χ1n) is 6.30. The van der Waals surface area contributed by atoms with Gasteiger partial charge in [-0.25, -0.2) is 0 Å². The molecule has 0 aromatic carbocycles. The monoisotopic (exact) mass is 238 g/mol. The Morgan fingerprint density at radius 2 is 2.12 bits per heavy atom. The summed E-state index contributed by atoms with van der Waals surface area (Å²) in [5.74, 6) is 0. The van der Waals surface area contributed by atoms with Crippen LogP contribution in [0, 0.1) is 5.41 Å². The third kappa shape index (κ3) is 5.33. The van der Waals surface area contributed by atoms with Crippen molar-refractivity contribution in [1.29, 1.82) is 0 Å². The molecule has 0 bridgehead atoms. The fraction of sp³-hybridized carbons (Fsp3) is 0.769. The molecule has 0 radical (unpaired) electrons. The van der Waals surface area contributed by atoms with E-state index in [9.17, 15) is 0 Å². The van der Waals surface area contributed by atoms with Gasteiger partial charge in [-0.15, -0.1) is 0 Å². The molecule has 1 aromatic rings. The van der Waals surface area contributed by atoms with Gasteiger partial charge in [0.1, 0.15) is 0 Å². The molecule has 0 aliphatic rings. The van der Waals surface area contributed by atoms with Gasteiger partial charge in [-0.3, -0.25) is 4.68 Å². The number of aromatic nitrogens is 2. The molecule has 0 saturated heterocycles. The number of nitrogens with zero attached hydrogens (tertiary/aromatic N) is 3. The molecule has 0 aliphatic heterocycles. The quantitative estimate of drug-likeness (QED) is 0.783. The Hall–Kier alpha value is -0.870. The molecule has 0 amide bonds. The zero-order chi connectivity index (χ0) is 12.9. The van der Waals surface area contributed by atoms with E-state index in [0.717, 1.165) is 26.2 Å². The van der Waals surface area contributed by atoms with Crippen molar-refractivity contribution in [3.8, 4) is 0 Å². The van der Waals surface area contributed by atoms with E-state index in [1.54, 1.807) is 0 Å². The molecule has 0 aliphatic carbocycles. The van der Waals surface area contributed by atoms with Crippen molar-refractivity contribution in [3.63, 3.8) is 0 Å². The van der Waals surface area contributed by atoms with E-state index in [1.165, 1.54) is 5.56 Å². The largest absolute Gasteiger partial charge is 0.312 e. The maximum atomic E-state index is 4.27. The zero-order valence-corrected chi connectivity index (χ0v) is 11.8. The maximum absolute atomic E-state index is 4.27. The smallest absolute Gasteiger partial charge is 0.0534 e. The predicted octanol–water partition coefficient (Wildman–Crippen LogP) is 1.58. The molecule has 0 atom stereocenters. The van der Waals surface area contributed by atoms with Crippen molar-refractivity contribution in [2.24, 2.45) is 5.41 Å². The topological polar surface area (TPSA) is 33.1 Å². The van der Waals surface area contributed by atoms with Crippen molar-refractivity contribution >= 4 is 0 Å². The van der Waals surface area contributed by atoms with Gasteiger partial charge in [-0.05, 0) is 26.4 Å². The molecule has 0 saturated carbocycles. The fourth-order valence-electron chi connectivity index (χ4n) is 2.13. The highest BCUT2D eigenvalue weighted by molar-refractivity contribution is 5.03. The van der Waals surface area contributed by atoms with E-state index >= 15 is 0 Å². The molecular weight excluding hydrogens is 212 g/mol. The van der Waals surface area contributed by atoms with Gasteiger partial charge >= 0.3 is 0 Å². The van der Waals surface area contributed by atoms with Crippen molar-refractivity contribution in [1.82, 2.24) is 20.0 Å². The number of hydrogen-bond donors (Lipinski definition) is 1. The lowest BCUT2D eigenvalue weighted by Gasteiger charge is -2.28. The Morgan fingerprint density at radius 1 is 1.41 bits per heavy atom. The second-order valence-corrected chi connectivity index (χ2v) is 5.71. The summed E-state index contributed by atoms with van der Waals surface area (Å²) in [6.07, 6.45) is 4.04. The summed E-state index contributed by atoms with van der Waals surface area (Å²) in [5, 5.41) is 7.77. The molecule has 98 valence electrons. The van der Waals surface area contributed by atoms with Crippen LogP contribution in [0.1, 0.15) is 26.3 Å². The SMILES string of the molecule is CCn1cc(CNCC(C)(C)CN(C)C)cn1. The Kier molecular flexibility index (Phi) is 5.15. The van der Waals surface area contributed by atoms with Gasteiger partial charge in [0.15, 0.2) is 0 Å². The van der Waals surface area contributed by atoms with E-state index in [4.69, 9.17) is 0 Å². The number of rotatable bonds is 7. The van der Waals surface area contributed by atoms with E-state index in [-0.39, 0.29) is 0 Å². The van der Waals surface area contributed by atoms with Gasteiger partial charge < -0.3 is 10.2 Å². The van der Waals surface area contributed by atoms with Crippen LogP contribution in [0.3, 0.4) is 0 Å². The lowest BCUT2D eigenvalue weighted by Crippen LogP contribution is -2.37. The second-order valence-electron chi connectivity index (χ2n) is 5.71. The molecule has 0 spiro atoms. The highest BCUT2D eigenvalue weighted by Gasteiger charge is 2.18. The minimum Gasteiger partial charge on any atom is -0.312 e. The van der Waals surface area contributed by atoms with Gasteiger partial charge in [-0.2, -0.15) is 5.10 Å². The molecule has 4 heteroatoms. The van der Waals surface area contributed by atoms with Gasteiger partial charge in [0.2, 0.25) is 0 Å². The summed E-state index contributed by atoms with van der Waals surface area (Å²) in [6, 6.07) is 0. The van der Waals surface area contributed by atoms with Crippen LogP contribution in [0.4, 0.5) is 0 Å². The Balaban J connectivity index is 2.31. The van der Waals surface area contributed by atoms with Gasteiger partial charge in [-0.1, -0.05) is 13.8 Å². The van der Waals surface area contributed by atoms with Crippen LogP contribution >= 0.6 is 0 Å². The van der Waals surface area contributed by atoms with Crippen LogP contribution in [0.5, 0.6) is 0 Å². The molecule has 17 heavy (non-hydrogen) atoms. The van der Waals surface area contributed by atoms with E-state index in [0.29, 0.717) is 5.41 Å². The summed E-state index contributed by atoms with van der Waals surface area (Å²) in [5.41, 5.74) is 1.55. The van der Waals surface area contributed by atoms with E-state index in [2.05, 4.69) is 56.4 Å². The van der Waals surface area contributed by atoms with Crippen LogP contribution < -0.4 is 5.32 Å². The van der Waals surface area contributed by atoms with Crippen molar-refractivity contribution in [2.45, 2.75) is 33.9 Å². The van der Waals surface area contributed by atoms with Crippen molar-refractivity contribution < 1.29 is 0 Å². The highest BCUT2D eigenvalue weighted by atomic mass is 15.3. The molecule has 4 nitrogen and oxygen atoms in total. The van der Waals surface area contributed by atoms with E-state index in [1.807, 2.05) is 10.9 Å². The number of nitrogens with one attached hydrogen (secondary N) is 1. The Bertz CT molecular complexity index is 328. The Labute approximate surface area is 105 Å². The predicted molar refractivity (Wildman–Crippen MR) is 71.9 cm³/mol. The third-order valence-corrected chi connectivity index (χ3v) is 2.69. The van der Waals surface area contributed by atoms with Gasteiger partial charge in [0, 0.05) is 37.9 Å². The third-order valence-electron chi connectivity index (χ3n) is 2.69. The summed E-state index contributed by atoms with van der Waals surface area (Å²) < 4.78 is 1.96. The van der Waals surface area contributed by atoms with Crippen molar-refractivity contribution in [2.75, 3.05) is 27.2 Å². The van der Waals surface area contributed by atoms with Crippen LogP contribution in [-0.2, 0) is 13.1 Å². The molecule has 1 rings (SSSR count). The van der Waals surface area contributed by atoms with Crippen LogP contribution in [-0.4, -0.2) is 41.9 Å². The van der Waals surface area contributed by atoms with Crippen LogP contribution in [0.25, 0.3) is 0 Å². The average Bonchev–Trinajstić information content (AvgIpc) is 2.63.